The van der Waals surface area contributed by atoms with Gasteiger partial charge in [0.2, 0.25) is 11.9 Å². The minimum absolute atomic E-state index is 0.0181. The molecule has 2 aromatic rings. The molecule has 1 amide bonds. The standard InChI is InChI=1S/C12H17N5O/c1-6(2)9(10(13)18)17-11-8(16-12(17)14)5-4-7(3)15-11/h4-6,9H,1-3H3,(H2,13,18)(H2,14,16). The number of pyridine rings is 1. The SMILES string of the molecule is Cc1ccc2nc(N)n(C(C(N)=O)C(C)C)c2n1. The summed E-state index contributed by atoms with van der Waals surface area (Å²) in [4.78, 5) is 20.2. The van der Waals surface area contributed by atoms with Gasteiger partial charge < -0.3 is 11.5 Å². The van der Waals surface area contributed by atoms with E-state index in [4.69, 9.17) is 11.5 Å². The fraction of sp³-hybridized carbons (Fsp3) is 0.417. The number of hydrogen-bond acceptors (Lipinski definition) is 4. The van der Waals surface area contributed by atoms with Crippen LogP contribution in [0.25, 0.3) is 11.2 Å². The Balaban J connectivity index is 2.72. The molecule has 0 aliphatic heterocycles. The first kappa shape index (κ1) is 12.3. The van der Waals surface area contributed by atoms with Crippen LogP contribution in [0.1, 0.15) is 25.6 Å². The van der Waals surface area contributed by atoms with Crippen LogP contribution in [0.15, 0.2) is 12.1 Å². The highest BCUT2D eigenvalue weighted by Crippen LogP contribution is 2.26. The van der Waals surface area contributed by atoms with Gasteiger partial charge in [-0.15, -0.1) is 0 Å². The zero-order valence-electron chi connectivity index (χ0n) is 10.7. The lowest BCUT2D eigenvalue weighted by Crippen LogP contribution is -2.31. The molecule has 18 heavy (non-hydrogen) atoms. The lowest BCUT2D eigenvalue weighted by Gasteiger charge is -2.20. The van der Waals surface area contributed by atoms with Gasteiger partial charge in [0.1, 0.15) is 11.6 Å². The first-order valence-electron chi connectivity index (χ1n) is 5.82. The third-order valence-electron chi connectivity index (χ3n) is 2.90. The highest BCUT2D eigenvalue weighted by Gasteiger charge is 2.26. The summed E-state index contributed by atoms with van der Waals surface area (Å²) in [5.41, 5.74) is 13.5. The molecule has 0 radical (unpaired) electrons. The summed E-state index contributed by atoms with van der Waals surface area (Å²) in [6.45, 7) is 5.70. The van der Waals surface area contributed by atoms with E-state index >= 15 is 0 Å². The molecule has 0 bridgehead atoms. The fourth-order valence-electron chi connectivity index (χ4n) is 2.11. The average Bonchev–Trinajstić information content (AvgIpc) is 2.55. The second-order valence-electron chi connectivity index (χ2n) is 4.73. The molecule has 0 fully saturated rings. The van der Waals surface area contributed by atoms with E-state index in [0.29, 0.717) is 11.2 Å². The van der Waals surface area contributed by atoms with Gasteiger partial charge in [0.05, 0.1) is 0 Å². The molecular formula is C12H17N5O. The van der Waals surface area contributed by atoms with Crippen molar-refractivity contribution in [3.63, 3.8) is 0 Å². The Morgan fingerprint density at radius 3 is 2.56 bits per heavy atom. The lowest BCUT2D eigenvalue weighted by molar-refractivity contribution is -0.122. The molecule has 0 spiro atoms. The van der Waals surface area contributed by atoms with Crippen LogP contribution in [0, 0.1) is 12.8 Å². The third kappa shape index (κ3) is 1.90. The van der Waals surface area contributed by atoms with Gasteiger partial charge in [-0.1, -0.05) is 13.8 Å². The van der Waals surface area contributed by atoms with Crippen molar-refractivity contribution in [2.45, 2.75) is 26.8 Å². The first-order valence-corrected chi connectivity index (χ1v) is 5.82. The molecule has 1 unspecified atom stereocenters. The van der Waals surface area contributed by atoms with Crippen molar-refractivity contribution in [1.82, 2.24) is 14.5 Å². The topological polar surface area (TPSA) is 99.8 Å². The van der Waals surface area contributed by atoms with Gasteiger partial charge in [0.15, 0.2) is 5.65 Å². The molecule has 4 N–H and O–H groups in total. The number of primary amides is 1. The number of amides is 1. The van der Waals surface area contributed by atoms with Crippen molar-refractivity contribution in [1.29, 1.82) is 0 Å². The average molecular weight is 247 g/mol. The zero-order valence-corrected chi connectivity index (χ0v) is 10.7. The van der Waals surface area contributed by atoms with E-state index in [-0.39, 0.29) is 11.9 Å². The maximum Gasteiger partial charge on any atom is 0.240 e. The number of fused-ring (bicyclic) bond motifs is 1. The van der Waals surface area contributed by atoms with E-state index < -0.39 is 11.9 Å². The molecular weight excluding hydrogens is 230 g/mol. The predicted octanol–water partition coefficient (Wildman–Crippen LogP) is 1.00. The van der Waals surface area contributed by atoms with Gasteiger partial charge in [-0.25, -0.2) is 9.97 Å². The molecule has 0 aromatic carbocycles. The zero-order chi connectivity index (χ0) is 13.4. The maximum atomic E-state index is 11.6. The quantitative estimate of drug-likeness (QED) is 0.845. The largest absolute Gasteiger partial charge is 0.369 e. The van der Waals surface area contributed by atoms with Crippen molar-refractivity contribution in [2.75, 3.05) is 5.73 Å². The van der Waals surface area contributed by atoms with E-state index in [0.717, 1.165) is 5.69 Å². The van der Waals surface area contributed by atoms with E-state index in [2.05, 4.69) is 9.97 Å². The molecule has 2 aromatic heterocycles. The number of carbonyl (C=O) groups is 1. The predicted molar refractivity (Wildman–Crippen MR) is 69.7 cm³/mol. The summed E-state index contributed by atoms with van der Waals surface area (Å²) >= 11 is 0. The van der Waals surface area contributed by atoms with Gasteiger partial charge in [0.25, 0.3) is 0 Å². The number of anilines is 1. The minimum atomic E-state index is -0.538. The van der Waals surface area contributed by atoms with E-state index in [1.165, 1.54) is 0 Å². The van der Waals surface area contributed by atoms with Crippen LogP contribution < -0.4 is 11.5 Å². The molecule has 0 saturated heterocycles. The molecule has 0 aliphatic carbocycles. The van der Waals surface area contributed by atoms with Gasteiger partial charge >= 0.3 is 0 Å². The fourth-order valence-corrected chi connectivity index (χ4v) is 2.11. The number of hydrogen-bond donors (Lipinski definition) is 2. The highest BCUT2D eigenvalue weighted by atomic mass is 16.1. The van der Waals surface area contributed by atoms with Crippen LogP contribution in [0.4, 0.5) is 5.95 Å². The smallest absolute Gasteiger partial charge is 0.240 e. The van der Waals surface area contributed by atoms with Crippen LogP contribution in [0.3, 0.4) is 0 Å². The van der Waals surface area contributed by atoms with Crippen molar-refractivity contribution < 1.29 is 4.79 Å². The highest BCUT2D eigenvalue weighted by molar-refractivity contribution is 5.83. The summed E-state index contributed by atoms with van der Waals surface area (Å²) in [5.74, 6) is -0.149. The molecule has 6 heteroatoms. The summed E-state index contributed by atoms with van der Waals surface area (Å²) in [6, 6.07) is 3.15. The number of aromatic nitrogens is 3. The minimum Gasteiger partial charge on any atom is -0.369 e. The number of imidazole rings is 1. The van der Waals surface area contributed by atoms with Gasteiger partial charge in [-0.05, 0) is 25.0 Å². The van der Waals surface area contributed by atoms with Gasteiger partial charge in [-0.2, -0.15) is 0 Å². The number of nitrogens with zero attached hydrogens (tertiary/aromatic N) is 3. The van der Waals surface area contributed by atoms with E-state index in [9.17, 15) is 4.79 Å². The van der Waals surface area contributed by atoms with Crippen molar-refractivity contribution in [2.24, 2.45) is 11.7 Å². The Morgan fingerprint density at radius 1 is 1.33 bits per heavy atom. The maximum absolute atomic E-state index is 11.6. The molecule has 2 heterocycles. The van der Waals surface area contributed by atoms with Crippen LogP contribution in [0.2, 0.25) is 0 Å². The summed E-state index contributed by atoms with van der Waals surface area (Å²) < 4.78 is 1.62. The van der Waals surface area contributed by atoms with E-state index in [1.807, 2.05) is 32.9 Å². The van der Waals surface area contributed by atoms with Gasteiger partial charge in [-0.3, -0.25) is 9.36 Å². The molecule has 1 atom stereocenters. The van der Waals surface area contributed by atoms with Gasteiger partial charge in [0, 0.05) is 5.69 Å². The Morgan fingerprint density at radius 2 is 2.00 bits per heavy atom. The summed E-state index contributed by atoms with van der Waals surface area (Å²) in [7, 11) is 0. The van der Waals surface area contributed by atoms with E-state index in [1.54, 1.807) is 4.57 Å². The van der Waals surface area contributed by atoms with Crippen molar-refractivity contribution in [3.05, 3.63) is 17.8 Å². The number of nitrogens with two attached hydrogens (primary N) is 2. The number of aryl methyl sites for hydroxylation is 1. The third-order valence-corrected chi connectivity index (χ3v) is 2.90. The molecule has 0 aliphatic rings. The first-order chi connectivity index (χ1) is 8.41. The second-order valence-corrected chi connectivity index (χ2v) is 4.73. The molecule has 6 nitrogen and oxygen atoms in total. The Kier molecular flexibility index (Phi) is 2.94. The monoisotopic (exact) mass is 247 g/mol. The molecule has 96 valence electrons. The van der Waals surface area contributed by atoms with Crippen molar-refractivity contribution >= 4 is 23.0 Å². The number of nitrogen functional groups attached to an aromatic ring is 1. The molecule has 2 rings (SSSR count). The van der Waals surface area contributed by atoms with Crippen LogP contribution in [-0.2, 0) is 4.79 Å². The Hall–Kier alpha value is -2.11. The Labute approximate surface area is 105 Å². The summed E-state index contributed by atoms with van der Waals surface area (Å²) in [6.07, 6.45) is 0. The van der Waals surface area contributed by atoms with Crippen molar-refractivity contribution in [3.8, 4) is 0 Å². The normalized spacial score (nSPS) is 13.1. The summed E-state index contributed by atoms with van der Waals surface area (Å²) in [5, 5.41) is 0. The van der Waals surface area contributed by atoms with Crippen LogP contribution in [0.5, 0.6) is 0 Å². The lowest BCUT2D eigenvalue weighted by atomic mass is 10.0. The van der Waals surface area contributed by atoms with Crippen LogP contribution >= 0.6 is 0 Å². The number of rotatable bonds is 3. The second kappa shape index (κ2) is 4.29. The number of carbonyl (C=O) groups excluding carboxylic acids is 1. The Bertz CT molecular complexity index is 602. The van der Waals surface area contributed by atoms with Crippen LogP contribution in [-0.4, -0.2) is 20.4 Å². The molecule has 0 saturated carbocycles.